The molecule has 0 fully saturated rings. The summed E-state index contributed by atoms with van der Waals surface area (Å²) in [5, 5.41) is 5.36. The third-order valence-corrected chi connectivity index (χ3v) is 6.33. The van der Waals surface area contributed by atoms with Gasteiger partial charge in [0.2, 0.25) is 0 Å². The van der Waals surface area contributed by atoms with E-state index in [-0.39, 0.29) is 6.04 Å². The maximum absolute atomic E-state index is 5.42. The van der Waals surface area contributed by atoms with Gasteiger partial charge in [-0.2, -0.15) is 0 Å². The van der Waals surface area contributed by atoms with Crippen LogP contribution in [0.4, 0.5) is 0 Å². The van der Waals surface area contributed by atoms with E-state index in [1.54, 1.807) is 0 Å². The molecule has 0 aliphatic carbocycles. The molecule has 0 bridgehead atoms. The van der Waals surface area contributed by atoms with E-state index < -0.39 is 0 Å². The lowest BCUT2D eigenvalue weighted by molar-refractivity contribution is 0.393. The number of aryl methyl sites for hydroxylation is 2. The van der Waals surface area contributed by atoms with E-state index in [2.05, 4.69) is 87.0 Å². The second-order valence-corrected chi connectivity index (χ2v) is 8.55. The zero-order valence-electron chi connectivity index (χ0n) is 16.7. The summed E-state index contributed by atoms with van der Waals surface area (Å²) in [6.45, 7) is 3.95. The minimum absolute atomic E-state index is 0.0154. The van der Waals surface area contributed by atoms with Crippen molar-refractivity contribution in [2.24, 2.45) is 0 Å². The second-order valence-electron chi connectivity index (χ2n) is 7.38. The Morgan fingerprint density at radius 1 is 0.967 bits per heavy atom. The summed E-state index contributed by atoms with van der Waals surface area (Å²) in [6.07, 6.45) is 4.08. The summed E-state index contributed by atoms with van der Waals surface area (Å²) in [5.41, 5.74) is 6.46. The maximum Gasteiger partial charge on any atom is 0.141 e. The highest BCUT2D eigenvalue weighted by molar-refractivity contribution is 14.1. The van der Waals surface area contributed by atoms with Crippen molar-refractivity contribution in [2.45, 2.75) is 19.9 Å². The van der Waals surface area contributed by atoms with E-state index in [0.29, 0.717) is 0 Å². The number of halogens is 1. The summed E-state index contributed by atoms with van der Waals surface area (Å²) in [4.78, 5) is 4.70. The highest BCUT2D eigenvalue weighted by atomic mass is 127. The third kappa shape index (κ3) is 3.23. The zero-order chi connectivity index (χ0) is 20.7. The Bertz CT molecular complexity index is 1260. The number of benzene rings is 2. The summed E-state index contributed by atoms with van der Waals surface area (Å²) in [6, 6.07) is 23.2. The molecule has 148 valence electrons. The van der Waals surface area contributed by atoms with Gasteiger partial charge < -0.3 is 9.09 Å². The SMILES string of the molecule is Cc1noc(C)c1-c1ccc2c(I)cn(C(c3ccccc3)c3ccccn3)c2c1. The van der Waals surface area contributed by atoms with Crippen molar-refractivity contribution in [1.82, 2.24) is 14.7 Å². The Hall–Kier alpha value is -2.93. The highest BCUT2D eigenvalue weighted by Gasteiger charge is 2.21. The molecule has 3 heterocycles. The molecule has 5 rings (SSSR count). The Morgan fingerprint density at radius 2 is 1.77 bits per heavy atom. The van der Waals surface area contributed by atoms with Gasteiger partial charge in [-0.1, -0.05) is 53.7 Å². The van der Waals surface area contributed by atoms with Crippen LogP contribution in [0.25, 0.3) is 22.0 Å². The molecule has 1 unspecified atom stereocenters. The van der Waals surface area contributed by atoms with Gasteiger partial charge in [-0.05, 0) is 65.8 Å². The number of hydrogen-bond donors (Lipinski definition) is 0. The van der Waals surface area contributed by atoms with Crippen LogP contribution in [0.15, 0.2) is 83.6 Å². The van der Waals surface area contributed by atoms with Crippen molar-refractivity contribution < 1.29 is 4.52 Å². The average molecular weight is 505 g/mol. The van der Waals surface area contributed by atoms with E-state index >= 15 is 0 Å². The topological polar surface area (TPSA) is 43.9 Å². The van der Waals surface area contributed by atoms with E-state index in [0.717, 1.165) is 33.8 Å². The number of fused-ring (bicyclic) bond motifs is 1. The molecular formula is C25H20IN3O. The fraction of sp³-hybridized carbons (Fsp3) is 0.120. The van der Waals surface area contributed by atoms with Crippen molar-refractivity contribution >= 4 is 33.5 Å². The van der Waals surface area contributed by atoms with Crippen LogP contribution in [-0.4, -0.2) is 14.7 Å². The Balaban J connectivity index is 1.77. The Kier molecular flexibility index (Phi) is 4.90. The minimum Gasteiger partial charge on any atom is -0.361 e. The molecule has 5 aromatic rings. The minimum atomic E-state index is -0.0154. The van der Waals surface area contributed by atoms with Crippen molar-refractivity contribution in [3.8, 4) is 11.1 Å². The van der Waals surface area contributed by atoms with Crippen LogP contribution >= 0.6 is 22.6 Å². The third-order valence-electron chi connectivity index (χ3n) is 5.47. The first-order valence-corrected chi connectivity index (χ1v) is 10.9. The lowest BCUT2D eigenvalue weighted by atomic mass is 10.0. The van der Waals surface area contributed by atoms with Crippen LogP contribution in [-0.2, 0) is 0 Å². The Labute approximate surface area is 188 Å². The van der Waals surface area contributed by atoms with Crippen molar-refractivity contribution in [2.75, 3.05) is 0 Å². The lowest BCUT2D eigenvalue weighted by Gasteiger charge is -2.20. The monoisotopic (exact) mass is 505 g/mol. The quantitative estimate of drug-likeness (QED) is 0.260. The van der Waals surface area contributed by atoms with Gasteiger partial charge in [-0.15, -0.1) is 0 Å². The molecule has 0 aliphatic heterocycles. The Morgan fingerprint density at radius 3 is 2.47 bits per heavy atom. The molecule has 0 aliphatic rings. The van der Waals surface area contributed by atoms with Crippen molar-refractivity contribution in [1.29, 1.82) is 0 Å². The molecular weight excluding hydrogens is 485 g/mol. The smallest absolute Gasteiger partial charge is 0.141 e. The molecule has 0 N–H and O–H groups in total. The van der Waals surface area contributed by atoms with E-state index in [1.165, 1.54) is 14.5 Å². The summed E-state index contributed by atoms with van der Waals surface area (Å²) in [5.74, 6) is 0.837. The van der Waals surface area contributed by atoms with E-state index in [9.17, 15) is 0 Å². The second kappa shape index (κ2) is 7.72. The first-order chi connectivity index (χ1) is 14.6. The predicted octanol–water partition coefficient (Wildman–Crippen LogP) is 6.55. The fourth-order valence-corrected chi connectivity index (χ4v) is 4.88. The standard InChI is InChI=1S/C25H20IN3O/c1-16-24(17(2)30-28-16)19-11-12-20-21(26)15-29(23(20)14-19)25(18-8-4-3-5-9-18)22-10-6-7-13-27-22/h3-15,25H,1-2H3. The van der Waals surface area contributed by atoms with Crippen LogP contribution in [0.1, 0.15) is 28.8 Å². The number of rotatable bonds is 4. The summed E-state index contributed by atoms with van der Waals surface area (Å²) >= 11 is 2.42. The molecule has 0 saturated carbocycles. The molecule has 0 radical (unpaired) electrons. The van der Waals surface area contributed by atoms with Gasteiger partial charge >= 0.3 is 0 Å². The molecule has 30 heavy (non-hydrogen) atoms. The number of nitrogens with zero attached hydrogens (tertiary/aromatic N) is 3. The van der Waals surface area contributed by atoms with Crippen LogP contribution in [0.5, 0.6) is 0 Å². The molecule has 0 spiro atoms. The zero-order valence-corrected chi connectivity index (χ0v) is 18.9. The maximum atomic E-state index is 5.42. The fourth-order valence-electron chi connectivity index (χ4n) is 4.12. The van der Waals surface area contributed by atoms with Crippen LogP contribution in [0, 0.1) is 17.4 Å². The highest BCUT2D eigenvalue weighted by Crippen LogP contribution is 2.36. The number of hydrogen-bond acceptors (Lipinski definition) is 3. The normalized spacial score (nSPS) is 12.4. The van der Waals surface area contributed by atoms with Crippen molar-refractivity contribution in [3.05, 3.63) is 105 Å². The molecule has 0 saturated heterocycles. The van der Waals surface area contributed by atoms with Gasteiger partial charge in [0.1, 0.15) is 11.8 Å². The first-order valence-electron chi connectivity index (χ1n) is 9.82. The molecule has 0 amide bonds. The van der Waals surface area contributed by atoms with E-state index in [4.69, 9.17) is 9.51 Å². The van der Waals surface area contributed by atoms with Gasteiger partial charge in [0.05, 0.1) is 16.9 Å². The van der Waals surface area contributed by atoms with Crippen LogP contribution < -0.4 is 0 Å². The summed E-state index contributed by atoms with van der Waals surface area (Å²) < 4.78 is 8.96. The van der Waals surface area contributed by atoms with E-state index in [1.807, 2.05) is 38.2 Å². The van der Waals surface area contributed by atoms with Crippen molar-refractivity contribution in [3.63, 3.8) is 0 Å². The molecule has 1 atom stereocenters. The largest absolute Gasteiger partial charge is 0.361 e. The van der Waals surface area contributed by atoms with Gasteiger partial charge in [0, 0.05) is 26.9 Å². The molecule has 2 aromatic carbocycles. The predicted molar refractivity (Wildman–Crippen MR) is 128 cm³/mol. The van der Waals surface area contributed by atoms with Gasteiger partial charge in [-0.3, -0.25) is 4.98 Å². The molecule has 3 aromatic heterocycles. The van der Waals surface area contributed by atoms with Gasteiger partial charge in [0.15, 0.2) is 0 Å². The molecule has 5 heteroatoms. The van der Waals surface area contributed by atoms with Gasteiger partial charge in [0.25, 0.3) is 0 Å². The first kappa shape index (κ1) is 19.1. The number of pyridine rings is 1. The summed E-state index contributed by atoms with van der Waals surface area (Å²) in [7, 11) is 0. The van der Waals surface area contributed by atoms with Gasteiger partial charge in [-0.25, -0.2) is 0 Å². The van der Waals surface area contributed by atoms with Crippen LogP contribution in [0.3, 0.4) is 0 Å². The lowest BCUT2D eigenvalue weighted by Crippen LogP contribution is -2.12. The molecule has 4 nitrogen and oxygen atoms in total. The number of aromatic nitrogens is 3. The average Bonchev–Trinajstić information content (AvgIpc) is 3.28. The van der Waals surface area contributed by atoms with Crippen LogP contribution in [0.2, 0.25) is 0 Å².